The maximum Gasteiger partial charge on any atom is 0.282 e. The van der Waals surface area contributed by atoms with E-state index in [4.69, 9.17) is 4.74 Å². The van der Waals surface area contributed by atoms with Crippen LogP contribution in [0.4, 0.5) is 10.2 Å². The molecule has 45 heavy (non-hydrogen) atoms. The standard InChI is InChI=1S/C34H41FN8O2/c1-20(2)30(23-11-25(12-23)40-32(44)22-5-6-22)43-17-34(18-43)9-10-42(16-34)31-33(41-39-19-36-31)45-29-8-7-24(35)13-26(29)28-15-38-37-14-27(28)21-3-4-21/h7-8,13-15,19-23,25,30H,3-6,9-12,16-18H2,1-2H3,(H,40,44). The quantitative estimate of drug-likeness (QED) is 0.339. The van der Waals surface area contributed by atoms with Crippen molar-refractivity contribution in [2.24, 2.45) is 23.2 Å². The predicted molar refractivity (Wildman–Crippen MR) is 166 cm³/mol. The molecule has 0 radical (unpaired) electrons. The second-order valence-corrected chi connectivity index (χ2v) is 14.5. The van der Waals surface area contributed by atoms with E-state index in [0.29, 0.717) is 52.8 Å². The number of carbonyl (C=O) groups excluding carboxylic acids is 1. The van der Waals surface area contributed by atoms with E-state index in [1.165, 1.54) is 18.5 Å². The van der Waals surface area contributed by atoms with Gasteiger partial charge in [0.15, 0.2) is 5.82 Å². The lowest BCUT2D eigenvalue weighted by Gasteiger charge is -2.57. The third-order valence-corrected chi connectivity index (χ3v) is 10.7. The first-order valence-electron chi connectivity index (χ1n) is 16.6. The third kappa shape index (κ3) is 5.64. The summed E-state index contributed by atoms with van der Waals surface area (Å²) < 4.78 is 20.9. The molecule has 5 aliphatic rings. The van der Waals surface area contributed by atoms with Gasteiger partial charge in [-0.25, -0.2) is 9.37 Å². The zero-order valence-electron chi connectivity index (χ0n) is 26.0. The van der Waals surface area contributed by atoms with Crippen LogP contribution in [0.15, 0.2) is 36.9 Å². The van der Waals surface area contributed by atoms with Crippen LogP contribution in [-0.2, 0) is 4.79 Å². The minimum absolute atomic E-state index is 0.210. The van der Waals surface area contributed by atoms with Gasteiger partial charge in [0, 0.05) is 60.7 Å². The zero-order valence-corrected chi connectivity index (χ0v) is 26.0. The van der Waals surface area contributed by atoms with Gasteiger partial charge in [-0.05, 0) is 86.5 Å². The van der Waals surface area contributed by atoms with Crippen LogP contribution in [0.25, 0.3) is 11.1 Å². The lowest BCUT2D eigenvalue weighted by molar-refractivity contribution is -0.124. The van der Waals surface area contributed by atoms with Crippen molar-refractivity contribution in [1.82, 2.24) is 35.6 Å². The Labute approximate surface area is 263 Å². The molecule has 1 unspecified atom stereocenters. The molecule has 0 bridgehead atoms. The maximum atomic E-state index is 14.5. The molecule has 4 heterocycles. The molecule has 3 aliphatic carbocycles. The summed E-state index contributed by atoms with van der Waals surface area (Å²) in [6.07, 6.45) is 12.5. The van der Waals surface area contributed by atoms with Crippen LogP contribution in [0.2, 0.25) is 0 Å². The Morgan fingerprint density at radius 2 is 1.84 bits per heavy atom. The summed E-state index contributed by atoms with van der Waals surface area (Å²) >= 11 is 0. The molecule has 236 valence electrons. The van der Waals surface area contributed by atoms with Crippen molar-refractivity contribution in [3.05, 3.63) is 48.3 Å². The van der Waals surface area contributed by atoms with E-state index in [0.717, 1.165) is 82.3 Å². The molecule has 2 aromatic heterocycles. The molecule has 3 saturated carbocycles. The number of ether oxygens (including phenoxy) is 1. The highest BCUT2D eigenvalue weighted by Gasteiger charge is 2.53. The molecule has 1 amide bonds. The summed E-state index contributed by atoms with van der Waals surface area (Å²) in [5.41, 5.74) is 2.73. The number of halogens is 1. The highest BCUT2D eigenvalue weighted by Crippen LogP contribution is 2.49. The van der Waals surface area contributed by atoms with Crippen LogP contribution < -0.4 is 15.0 Å². The Morgan fingerprint density at radius 1 is 1.04 bits per heavy atom. The van der Waals surface area contributed by atoms with E-state index in [2.05, 4.69) is 54.3 Å². The smallest absolute Gasteiger partial charge is 0.282 e. The van der Waals surface area contributed by atoms with Gasteiger partial charge in [-0.3, -0.25) is 9.69 Å². The van der Waals surface area contributed by atoms with Gasteiger partial charge in [0.1, 0.15) is 17.9 Å². The lowest BCUT2D eigenvalue weighted by Crippen LogP contribution is -2.65. The van der Waals surface area contributed by atoms with Crippen molar-refractivity contribution in [3.8, 4) is 22.8 Å². The number of hydrogen-bond donors (Lipinski definition) is 1. The van der Waals surface area contributed by atoms with Crippen molar-refractivity contribution < 1.29 is 13.9 Å². The Morgan fingerprint density at radius 3 is 2.60 bits per heavy atom. The molecule has 1 aromatic carbocycles. The summed E-state index contributed by atoms with van der Waals surface area (Å²) in [5.74, 6) is 3.30. The molecule has 3 aromatic rings. The van der Waals surface area contributed by atoms with Gasteiger partial charge in [-0.1, -0.05) is 13.8 Å². The van der Waals surface area contributed by atoms with Crippen LogP contribution >= 0.6 is 0 Å². The predicted octanol–water partition coefficient (Wildman–Crippen LogP) is 4.98. The van der Waals surface area contributed by atoms with Crippen molar-refractivity contribution in [2.75, 3.05) is 31.1 Å². The van der Waals surface area contributed by atoms with Crippen molar-refractivity contribution >= 4 is 11.7 Å². The normalized spacial score (nSPS) is 24.8. The molecular weight excluding hydrogens is 571 g/mol. The average molecular weight is 613 g/mol. The Hall–Kier alpha value is -3.73. The average Bonchev–Trinajstić information content (AvgIpc) is 3.94. The summed E-state index contributed by atoms with van der Waals surface area (Å²) in [4.78, 5) is 21.8. The summed E-state index contributed by atoms with van der Waals surface area (Å²) in [5, 5.41) is 19.9. The fraction of sp³-hybridized carbons (Fsp3) is 0.588. The van der Waals surface area contributed by atoms with E-state index < -0.39 is 0 Å². The van der Waals surface area contributed by atoms with E-state index >= 15 is 0 Å². The first-order chi connectivity index (χ1) is 21.9. The number of benzene rings is 1. The van der Waals surface area contributed by atoms with Crippen molar-refractivity contribution in [3.63, 3.8) is 0 Å². The minimum Gasteiger partial charge on any atom is -0.434 e. The fourth-order valence-corrected chi connectivity index (χ4v) is 8.11. The van der Waals surface area contributed by atoms with Crippen molar-refractivity contribution in [1.29, 1.82) is 0 Å². The number of nitrogens with zero attached hydrogens (tertiary/aromatic N) is 7. The highest BCUT2D eigenvalue weighted by atomic mass is 19.1. The van der Waals surface area contributed by atoms with Gasteiger partial charge in [-0.2, -0.15) is 10.2 Å². The van der Waals surface area contributed by atoms with Gasteiger partial charge < -0.3 is 15.0 Å². The molecule has 2 saturated heterocycles. The van der Waals surface area contributed by atoms with E-state index in [1.54, 1.807) is 18.5 Å². The summed E-state index contributed by atoms with van der Waals surface area (Å²) in [6, 6.07) is 5.42. The summed E-state index contributed by atoms with van der Waals surface area (Å²) in [6.45, 7) is 8.55. The van der Waals surface area contributed by atoms with E-state index in [1.807, 2.05) is 0 Å². The Balaban J connectivity index is 0.948. The maximum absolute atomic E-state index is 14.5. The monoisotopic (exact) mass is 612 g/mol. The first kappa shape index (κ1) is 28.7. The van der Waals surface area contributed by atoms with Gasteiger partial charge >= 0.3 is 0 Å². The topological polar surface area (TPSA) is 109 Å². The molecule has 5 fully saturated rings. The van der Waals surface area contributed by atoms with Crippen LogP contribution in [-0.4, -0.2) is 74.4 Å². The number of carbonyl (C=O) groups is 1. The molecule has 1 N–H and O–H groups in total. The van der Waals surface area contributed by atoms with Crippen LogP contribution in [0.1, 0.15) is 70.3 Å². The van der Waals surface area contributed by atoms with Crippen LogP contribution in [0.5, 0.6) is 11.6 Å². The van der Waals surface area contributed by atoms with Gasteiger partial charge in [0.05, 0.1) is 12.4 Å². The molecule has 1 spiro atoms. The number of aromatic nitrogens is 5. The highest BCUT2D eigenvalue weighted by molar-refractivity contribution is 5.81. The van der Waals surface area contributed by atoms with Gasteiger partial charge in [-0.15, -0.1) is 10.2 Å². The Bertz CT molecular complexity index is 1580. The van der Waals surface area contributed by atoms with Crippen LogP contribution in [0.3, 0.4) is 0 Å². The molecule has 8 rings (SSSR count). The van der Waals surface area contributed by atoms with Gasteiger partial charge in [0.2, 0.25) is 5.91 Å². The molecule has 11 heteroatoms. The van der Waals surface area contributed by atoms with E-state index in [9.17, 15) is 9.18 Å². The van der Waals surface area contributed by atoms with E-state index in [-0.39, 0.29) is 23.1 Å². The second kappa shape index (κ2) is 11.3. The molecule has 1 atom stereocenters. The largest absolute Gasteiger partial charge is 0.434 e. The molecule has 10 nitrogen and oxygen atoms in total. The number of amides is 1. The number of likely N-dealkylation sites (tertiary alicyclic amines) is 1. The first-order valence-corrected chi connectivity index (χ1v) is 16.6. The van der Waals surface area contributed by atoms with Crippen molar-refractivity contribution in [2.45, 2.75) is 76.8 Å². The number of hydrogen-bond acceptors (Lipinski definition) is 9. The third-order valence-electron chi connectivity index (χ3n) is 10.7. The SMILES string of the molecule is CC(C)C(C1CC(NC(=O)C2CC2)C1)N1CC2(CCN(c3ncnnc3Oc3ccc(F)cc3-c3cnncc3C3CC3)C2)C1. The Kier molecular flexibility index (Phi) is 7.19. The lowest BCUT2D eigenvalue weighted by atomic mass is 9.68. The number of nitrogens with one attached hydrogen (secondary N) is 1. The molecule has 2 aliphatic heterocycles. The number of anilines is 1. The summed E-state index contributed by atoms with van der Waals surface area (Å²) in [7, 11) is 0. The second-order valence-electron chi connectivity index (χ2n) is 14.5. The fourth-order valence-electron chi connectivity index (χ4n) is 8.11. The molecular formula is C34H41FN8O2. The number of rotatable bonds is 10. The van der Waals surface area contributed by atoms with Crippen LogP contribution in [0, 0.1) is 29.0 Å². The van der Waals surface area contributed by atoms with Gasteiger partial charge in [0.25, 0.3) is 5.88 Å². The minimum atomic E-state index is -0.343. The zero-order chi connectivity index (χ0) is 30.7.